The maximum absolute atomic E-state index is 11.8. The number of hydrogen-bond donors (Lipinski definition) is 0. The second kappa shape index (κ2) is 4.57. The molecule has 4 rings (SSSR count). The van der Waals surface area contributed by atoms with E-state index in [0.717, 1.165) is 36.5 Å². The molecule has 0 aliphatic heterocycles. The molecule has 0 unspecified atom stereocenters. The molecule has 0 heterocycles. The number of carbonyl (C=O) groups is 1. The highest BCUT2D eigenvalue weighted by Crippen LogP contribution is 2.59. The van der Waals surface area contributed by atoms with E-state index in [4.69, 9.17) is 0 Å². The predicted molar refractivity (Wildman–Crippen MR) is 85.9 cm³/mol. The monoisotopic (exact) mass is 284 g/mol. The van der Waals surface area contributed by atoms with Crippen LogP contribution in [0, 0.1) is 29.1 Å². The van der Waals surface area contributed by atoms with Crippen LogP contribution in [0.3, 0.4) is 0 Å². The number of hydrogen-bond acceptors (Lipinski definition) is 1. The Labute approximate surface area is 128 Å². The van der Waals surface area contributed by atoms with Gasteiger partial charge in [0, 0.05) is 6.42 Å². The van der Waals surface area contributed by atoms with Gasteiger partial charge in [-0.15, -0.1) is 0 Å². The molecule has 0 radical (unpaired) electrons. The zero-order valence-electron chi connectivity index (χ0n) is 13.7. The highest BCUT2D eigenvalue weighted by Gasteiger charge is 2.48. The summed E-state index contributed by atoms with van der Waals surface area (Å²) >= 11 is 0. The number of rotatable bonds is 0. The van der Waals surface area contributed by atoms with E-state index in [9.17, 15) is 4.79 Å². The van der Waals surface area contributed by atoms with Crippen molar-refractivity contribution in [2.45, 2.75) is 65.7 Å². The van der Waals surface area contributed by atoms with Gasteiger partial charge in [-0.3, -0.25) is 4.79 Å². The van der Waals surface area contributed by atoms with Gasteiger partial charge in [-0.05, 0) is 73.7 Å². The lowest BCUT2D eigenvalue weighted by atomic mass is 9.56. The molecule has 1 fully saturated rings. The van der Waals surface area contributed by atoms with E-state index in [1.165, 1.54) is 37.7 Å². The fraction of sp³-hybridized carbons (Fsp3) is 0.750. The van der Waals surface area contributed by atoms with Crippen molar-refractivity contribution >= 4 is 5.78 Å². The highest BCUT2D eigenvalue weighted by atomic mass is 16.1. The Hall–Kier alpha value is -0.850. The minimum absolute atomic E-state index is 0.379. The Kier molecular flexibility index (Phi) is 3.00. The lowest BCUT2D eigenvalue weighted by molar-refractivity contribution is -0.115. The smallest absolute Gasteiger partial charge is 0.155 e. The molecule has 114 valence electrons. The van der Waals surface area contributed by atoms with Gasteiger partial charge in [0.05, 0.1) is 0 Å². The van der Waals surface area contributed by atoms with Crippen LogP contribution in [0.25, 0.3) is 0 Å². The SMILES string of the molecule is C[C@@H]1CC2=CC(=O)CC[C@@H]2[C@H]2CCC3=C(CCC3(C)C)[C@@H]21. The summed E-state index contributed by atoms with van der Waals surface area (Å²) in [6.45, 7) is 7.34. The van der Waals surface area contributed by atoms with Gasteiger partial charge in [-0.1, -0.05) is 37.5 Å². The quantitative estimate of drug-likeness (QED) is 0.567. The van der Waals surface area contributed by atoms with Crippen LogP contribution in [0.15, 0.2) is 22.8 Å². The molecule has 1 heteroatoms. The first-order chi connectivity index (χ1) is 9.97. The molecule has 1 saturated carbocycles. The molecule has 4 aliphatic rings. The zero-order chi connectivity index (χ0) is 14.8. The second-order valence-electron chi connectivity index (χ2n) is 8.63. The number of carbonyl (C=O) groups excluding carboxylic acids is 1. The minimum atomic E-state index is 0.379. The third-order valence-corrected chi connectivity index (χ3v) is 7.03. The van der Waals surface area contributed by atoms with Crippen molar-refractivity contribution in [1.82, 2.24) is 0 Å². The largest absolute Gasteiger partial charge is 0.295 e. The van der Waals surface area contributed by atoms with Crippen LogP contribution in [0.5, 0.6) is 0 Å². The van der Waals surface area contributed by atoms with Crippen molar-refractivity contribution in [3.05, 3.63) is 22.8 Å². The van der Waals surface area contributed by atoms with E-state index in [1.54, 1.807) is 0 Å². The van der Waals surface area contributed by atoms with Gasteiger partial charge < -0.3 is 0 Å². The van der Waals surface area contributed by atoms with Crippen molar-refractivity contribution < 1.29 is 4.79 Å². The van der Waals surface area contributed by atoms with Gasteiger partial charge in [0.1, 0.15) is 0 Å². The molecule has 0 aromatic rings. The standard InChI is InChI=1S/C20H28O/c1-12-10-13-11-14(21)4-5-15(13)16-6-7-18-17(19(12)16)8-9-20(18,2)3/h11-12,15-16,19H,4-10H2,1-3H3/t12-,15+,16-,19-/m1/s1. The first kappa shape index (κ1) is 13.8. The maximum atomic E-state index is 11.8. The Bertz CT molecular complexity index is 548. The summed E-state index contributed by atoms with van der Waals surface area (Å²) in [7, 11) is 0. The van der Waals surface area contributed by atoms with E-state index in [-0.39, 0.29) is 0 Å². The van der Waals surface area contributed by atoms with Crippen LogP contribution in [-0.2, 0) is 4.79 Å². The molecule has 4 aliphatic carbocycles. The number of fused-ring (bicyclic) bond motifs is 4. The molecule has 21 heavy (non-hydrogen) atoms. The molecular weight excluding hydrogens is 256 g/mol. The van der Waals surface area contributed by atoms with Crippen LogP contribution >= 0.6 is 0 Å². The molecule has 0 bridgehead atoms. The lowest BCUT2D eigenvalue weighted by Gasteiger charge is -2.49. The summed E-state index contributed by atoms with van der Waals surface area (Å²) in [4.78, 5) is 11.8. The number of ketones is 1. The minimum Gasteiger partial charge on any atom is -0.295 e. The van der Waals surface area contributed by atoms with Gasteiger partial charge in [0.25, 0.3) is 0 Å². The second-order valence-corrected chi connectivity index (χ2v) is 8.63. The van der Waals surface area contributed by atoms with Gasteiger partial charge in [0.2, 0.25) is 0 Å². The number of allylic oxidation sites excluding steroid dienone is 4. The third kappa shape index (κ3) is 1.99. The maximum Gasteiger partial charge on any atom is 0.155 e. The zero-order valence-corrected chi connectivity index (χ0v) is 13.7. The summed E-state index contributed by atoms with van der Waals surface area (Å²) in [5, 5.41) is 0. The van der Waals surface area contributed by atoms with Crippen molar-refractivity contribution in [2.24, 2.45) is 29.1 Å². The fourth-order valence-electron chi connectivity index (χ4n) is 6.08. The normalized spacial score (nSPS) is 41.3. The van der Waals surface area contributed by atoms with E-state index >= 15 is 0 Å². The van der Waals surface area contributed by atoms with Gasteiger partial charge >= 0.3 is 0 Å². The Morgan fingerprint density at radius 3 is 2.76 bits per heavy atom. The van der Waals surface area contributed by atoms with Crippen LogP contribution in [0.4, 0.5) is 0 Å². The summed E-state index contributed by atoms with van der Waals surface area (Å²) < 4.78 is 0. The molecule has 4 atom stereocenters. The predicted octanol–water partition coefficient (Wildman–Crippen LogP) is 5.07. The average molecular weight is 284 g/mol. The van der Waals surface area contributed by atoms with E-state index < -0.39 is 0 Å². The molecular formula is C20H28O. The van der Waals surface area contributed by atoms with E-state index in [0.29, 0.717) is 11.2 Å². The van der Waals surface area contributed by atoms with Crippen LogP contribution in [0.1, 0.15) is 65.7 Å². The van der Waals surface area contributed by atoms with Crippen molar-refractivity contribution in [3.63, 3.8) is 0 Å². The Morgan fingerprint density at radius 1 is 1.14 bits per heavy atom. The summed E-state index contributed by atoms with van der Waals surface area (Å²) in [6.07, 6.45) is 10.5. The molecule has 0 N–H and O–H groups in total. The summed E-state index contributed by atoms with van der Waals surface area (Å²) in [6, 6.07) is 0. The van der Waals surface area contributed by atoms with Crippen molar-refractivity contribution in [1.29, 1.82) is 0 Å². The van der Waals surface area contributed by atoms with Crippen LogP contribution in [-0.4, -0.2) is 5.78 Å². The summed E-state index contributed by atoms with van der Waals surface area (Å²) in [5.74, 6) is 3.50. The first-order valence-electron chi connectivity index (χ1n) is 8.93. The molecule has 0 aromatic heterocycles. The Balaban J connectivity index is 1.72. The van der Waals surface area contributed by atoms with Gasteiger partial charge in [-0.25, -0.2) is 0 Å². The molecule has 0 spiro atoms. The van der Waals surface area contributed by atoms with Crippen LogP contribution in [0.2, 0.25) is 0 Å². The van der Waals surface area contributed by atoms with Gasteiger partial charge in [0.15, 0.2) is 5.78 Å². The van der Waals surface area contributed by atoms with Gasteiger partial charge in [-0.2, -0.15) is 0 Å². The van der Waals surface area contributed by atoms with Crippen LogP contribution < -0.4 is 0 Å². The van der Waals surface area contributed by atoms with E-state index in [1.807, 2.05) is 17.2 Å². The lowest BCUT2D eigenvalue weighted by Crippen LogP contribution is -2.40. The molecule has 0 saturated heterocycles. The highest BCUT2D eigenvalue weighted by molar-refractivity contribution is 5.91. The average Bonchev–Trinajstić information content (AvgIpc) is 2.74. The van der Waals surface area contributed by atoms with Crippen molar-refractivity contribution in [3.8, 4) is 0 Å². The summed E-state index contributed by atoms with van der Waals surface area (Å²) in [5.41, 5.74) is 5.62. The molecule has 0 amide bonds. The van der Waals surface area contributed by atoms with E-state index in [2.05, 4.69) is 20.8 Å². The Morgan fingerprint density at radius 2 is 1.95 bits per heavy atom. The first-order valence-corrected chi connectivity index (χ1v) is 8.93. The molecule has 0 aromatic carbocycles. The van der Waals surface area contributed by atoms with Crippen molar-refractivity contribution in [2.75, 3.05) is 0 Å². The third-order valence-electron chi connectivity index (χ3n) is 7.03. The fourth-order valence-corrected chi connectivity index (χ4v) is 6.08. The topological polar surface area (TPSA) is 17.1 Å². The molecule has 1 nitrogen and oxygen atoms in total.